The van der Waals surface area contributed by atoms with E-state index >= 15 is 0 Å². The van der Waals surface area contributed by atoms with Gasteiger partial charge in [-0.1, -0.05) is 13.0 Å². The molecule has 1 aromatic carbocycles. The van der Waals surface area contributed by atoms with Crippen LogP contribution in [0, 0.1) is 17.4 Å². The first kappa shape index (κ1) is 18.3. The standard InChI is InChI=1S/C18H25N5O3S/c1-15-12-20(14-19)13-18(15)23-6-5-22(27(23,24)25)17-4-2-3-16(11-17)21-7-9-26-10-8-21/h2-4,11,15,18H,5-10,12-13H2,1H3/t15-,18-/m0/s1. The molecule has 0 radical (unpaired) electrons. The van der Waals surface area contributed by atoms with Gasteiger partial charge in [0, 0.05) is 51.0 Å². The number of hydrogen-bond acceptors (Lipinski definition) is 6. The first-order chi connectivity index (χ1) is 13.0. The van der Waals surface area contributed by atoms with E-state index in [1.54, 1.807) is 9.21 Å². The highest BCUT2D eigenvalue weighted by atomic mass is 32.2. The van der Waals surface area contributed by atoms with Crippen molar-refractivity contribution in [1.29, 1.82) is 5.26 Å². The van der Waals surface area contributed by atoms with Crippen LogP contribution in [0.15, 0.2) is 24.3 Å². The Bertz CT molecular complexity index is 834. The van der Waals surface area contributed by atoms with Gasteiger partial charge in [-0.25, -0.2) is 0 Å². The Morgan fingerprint density at radius 3 is 2.56 bits per heavy atom. The number of nitriles is 1. The summed E-state index contributed by atoms with van der Waals surface area (Å²) in [6.45, 7) is 6.99. The topological polar surface area (TPSA) is 80.1 Å². The average Bonchev–Trinajstić information content (AvgIpc) is 3.20. The van der Waals surface area contributed by atoms with Crippen LogP contribution < -0.4 is 9.21 Å². The van der Waals surface area contributed by atoms with Gasteiger partial charge >= 0.3 is 10.2 Å². The van der Waals surface area contributed by atoms with Gasteiger partial charge in [0.2, 0.25) is 0 Å². The van der Waals surface area contributed by atoms with E-state index in [1.807, 2.05) is 31.2 Å². The van der Waals surface area contributed by atoms with Crippen molar-refractivity contribution in [3.05, 3.63) is 24.3 Å². The zero-order valence-electron chi connectivity index (χ0n) is 15.5. The van der Waals surface area contributed by atoms with Gasteiger partial charge in [-0.3, -0.25) is 4.31 Å². The van der Waals surface area contributed by atoms with E-state index in [1.165, 1.54) is 4.31 Å². The maximum atomic E-state index is 13.2. The average molecular weight is 391 g/mol. The Kier molecular flexibility index (Phi) is 4.88. The molecule has 0 bridgehead atoms. The van der Waals surface area contributed by atoms with Crippen LogP contribution in [0.5, 0.6) is 0 Å². The number of anilines is 2. The molecule has 3 aliphatic heterocycles. The molecule has 4 rings (SSSR count). The summed E-state index contributed by atoms with van der Waals surface area (Å²) in [5.41, 5.74) is 1.72. The molecular formula is C18H25N5O3S. The number of likely N-dealkylation sites (tertiary alicyclic amines) is 1. The zero-order chi connectivity index (χ0) is 19.0. The van der Waals surface area contributed by atoms with Gasteiger partial charge in [-0.15, -0.1) is 0 Å². The molecule has 1 aromatic rings. The van der Waals surface area contributed by atoms with Crippen molar-refractivity contribution in [3.8, 4) is 6.19 Å². The molecule has 27 heavy (non-hydrogen) atoms. The quantitative estimate of drug-likeness (QED) is 0.706. The molecule has 8 nitrogen and oxygen atoms in total. The van der Waals surface area contributed by atoms with Crippen molar-refractivity contribution in [2.24, 2.45) is 5.92 Å². The minimum Gasteiger partial charge on any atom is -0.378 e. The predicted octanol–water partition coefficient (Wildman–Crippen LogP) is 0.691. The van der Waals surface area contributed by atoms with Gasteiger partial charge in [-0.05, 0) is 24.1 Å². The van der Waals surface area contributed by atoms with Gasteiger partial charge in [0.25, 0.3) is 0 Å². The van der Waals surface area contributed by atoms with Crippen molar-refractivity contribution in [1.82, 2.24) is 9.21 Å². The molecule has 2 atom stereocenters. The molecule has 3 fully saturated rings. The third-order valence-corrected chi connectivity index (χ3v) is 7.67. The van der Waals surface area contributed by atoms with Gasteiger partial charge in [0.05, 0.1) is 18.9 Å². The van der Waals surface area contributed by atoms with Gasteiger partial charge in [0.15, 0.2) is 6.19 Å². The summed E-state index contributed by atoms with van der Waals surface area (Å²) in [6.07, 6.45) is 2.14. The fourth-order valence-corrected chi connectivity index (χ4v) is 6.09. The second-order valence-corrected chi connectivity index (χ2v) is 9.16. The third-order valence-electron chi connectivity index (χ3n) is 5.68. The molecule has 3 saturated heterocycles. The van der Waals surface area contributed by atoms with Gasteiger partial charge in [0.1, 0.15) is 0 Å². The van der Waals surface area contributed by atoms with Crippen molar-refractivity contribution >= 4 is 21.6 Å². The molecule has 0 amide bonds. The van der Waals surface area contributed by atoms with Crippen molar-refractivity contribution in [3.63, 3.8) is 0 Å². The van der Waals surface area contributed by atoms with Gasteiger partial charge < -0.3 is 14.5 Å². The summed E-state index contributed by atoms with van der Waals surface area (Å²) in [5.74, 6) is 0.138. The Labute approximate surface area is 160 Å². The van der Waals surface area contributed by atoms with Crippen LogP contribution >= 0.6 is 0 Å². The monoisotopic (exact) mass is 391 g/mol. The highest BCUT2D eigenvalue weighted by molar-refractivity contribution is 7.90. The lowest BCUT2D eigenvalue weighted by atomic mass is 10.1. The lowest BCUT2D eigenvalue weighted by molar-refractivity contribution is 0.122. The lowest BCUT2D eigenvalue weighted by Crippen LogP contribution is -2.43. The fraction of sp³-hybridized carbons (Fsp3) is 0.611. The highest BCUT2D eigenvalue weighted by Gasteiger charge is 2.45. The summed E-state index contributed by atoms with van der Waals surface area (Å²) in [5, 5.41) is 9.14. The zero-order valence-corrected chi connectivity index (χ0v) is 16.3. The normalized spacial score (nSPS) is 28.5. The lowest BCUT2D eigenvalue weighted by Gasteiger charge is -2.30. The minimum absolute atomic E-state index is 0.138. The maximum absolute atomic E-state index is 13.2. The molecule has 3 aliphatic rings. The number of ether oxygens (including phenoxy) is 1. The molecule has 0 aliphatic carbocycles. The van der Waals surface area contributed by atoms with E-state index in [2.05, 4.69) is 11.1 Å². The number of hydrogen-bond donors (Lipinski definition) is 0. The van der Waals surface area contributed by atoms with E-state index in [-0.39, 0.29) is 12.0 Å². The van der Waals surface area contributed by atoms with E-state index in [0.29, 0.717) is 45.1 Å². The van der Waals surface area contributed by atoms with E-state index < -0.39 is 10.2 Å². The van der Waals surface area contributed by atoms with Crippen LogP contribution in [0.4, 0.5) is 11.4 Å². The fourth-order valence-electron chi connectivity index (χ4n) is 4.22. The molecule has 3 heterocycles. The van der Waals surface area contributed by atoms with Crippen molar-refractivity contribution in [2.75, 3.05) is 61.7 Å². The molecule has 0 aromatic heterocycles. The number of benzene rings is 1. The van der Waals surface area contributed by atoms with Crippen LogP contribution in [0.2, 0.25) is 0 Å². The Balaban J connectivity index is 1.56. The summed E-state index contributed by atoms with van der Waals surface area (Å²) in [7, 11) is -3.59. The third kappa shape index (κ3) is 3.33. The van der Waals surface area contributed by atoms with Crippen LogP contribution in [0.3, 0.4) is 0 Å². The highest BCUT2D eigenvalue weighted by Crippen LogP contribution is 2.33. The Morgan fingerprint density at radius 1 is 1.11 bits per heavy atom. The van der Waals surface area contributed by atoms with E-state index in [4.69, 9.17) is 10.00 Å². The molecular weight excluding hydrogens is 366 g/mol. The van der Waals surface area contributed by atoms with Crippen molar-refractivity contribution in [2.45, 2.75) is 13.0 Å². The Morgan fingerprint density at radius 2 is 1.85 bits per heavy atom. The first-order valence-electron chi connectivity index (χ1n) is 9.37. The molecule has 0 N–H and O–H groups in total. The molecule has 146 valence electrons. The second kappa shape index (κ2) is 7.19. The predicted molar refractivity (Wildman–Crippen MR) is 103 cm³/mol. The van der Waals surface area contributed by atoms with Gasteiger partial charge in [-0.2, -0.15) is 18.0 Å². The second-order valence-electron chi connectivity index (χ2n) is 7.36. The summed E-state index contributed by atoms with van der Waals surface area (Å²) < 4.78 is 34.9. The van der Waals surface area contributed by atoms with Crippen LogP contribution in [0.25, 0.3) is 0 Å². The first-order valence-corrected chi connectivity index (χ1v) is 10.8. The molecule has 9 heteroatoms. The number of nitrogens with zero attached hydrogens (tertiary/aromatic N) is 5. The molecule has 0 spiro atoms. The SMILES string of the molecule is C[C@H]1CN(C#N)C[C@@H]1N1CCN(c2cccc(N3CCOCC3)c2)S1(=O)=O. The summed E-state index contributed by atoms with van der Waals surface area (Å²) in [6, 6.07) is 7.58. The smallest absolute Gasteiger partial charge is 0.304 e. The maximum Gasteiger partial charge on any atom is 0.304 e. The molecule has 0 saturated carbocycles. The van der Waals surface area contributed by atoms with Crippen molar-refractivity contribution < 1.29 is 13.2 Å². The van der Waals surface area contributed by atoms with Crippen LogP contribution in [-0.4, -0.2) is 76.1 Å². The minimum atomic E-state index is -3.59. The van der Waals surface area contributed by atoms with E-state index in [0.717, 1.165) is 18.8 Å². The molecule has 0 unspecified atom stereocenters. The largest absolute Gasteiger partial charge is 0.378 e. The van der Waals surface area contributed by atoms with Crippen LogP contribution in [0.1, 0.15) is 6.92 Å². The number of morpholine rings is 1. The van der Waals surface area contributed by atoms with E-state index in [9.17, 15) is 8.42 Å². The number of rotatable bonds is 3. The summed E-state index contributed by atoms with van der Waals surface area (Å²) >= 11 is 0. The Hall–Kier alpha value is -2.02. The van der Waals surface area contributed by atoms with Crippen LogP contribution in [-0.2, 0) is 14.9 Å². The summed E-state index contributed by atoms with van der Waals surface area (Å²) in [4.78, 5) is 3.86.